The fourth-order valence-electron chi connectivity index (χ4n) is 1.29. The van der Waals surface area contributed by atoms with Gasteiger partial charge in [0.25, 0.3) is 5.91 Å². The largest absolute Gasteiger partial charge is 0.484 e. The summed E-state index contributed by atoms with van der Waals surface area (Å²) < 4.78 is 18.8. The average Bonchev–Trinajstić information content (AvgIpc) is 2.88. The highest BCUT2D eigenvalue weighted by atomic mass is 35.5. The highest BCUT2D eigenvalue weighted by Gasteiger charge is 2.11. The zero-order chi connectivity index (χ0) is 13.8. The van der Waals surface area contributed by atoms with Gasteiger partial charge in [0, 0.05) is 5.38 Å². The van der Waals surface area contributed by atoms with Gasteiger partial charge < -0.3 is 4.74 Å². The SMILES string of the molecule is NNC(=O)c1nc(COc2cccc(Cl)c2F)cs1. The Balaban J connectivity index is 2.04. The molecule has 0 bridgehead atoms. The molecule has 8 heteroatoms. The third-order valence-corrected chi connectivity index (χ3v) is 3.35. The topological polar surface area (TPSA) is 77.2 Å². The van der Waals surface area contributed by atoms with Crippen LogP contribution in [0.1, 0.15) is 15.5 Å². The maximum atomic E-state index is 13.5. The first-order valence-corrected chi connectivity index (χ1v) is 6.39. The number of hydrogen-bond donors (Lipinski definition) is 2. The molecule has 0 radical (unpaired) electrons. The first-order valence-electron chi connectivity index (χ1n) is 5.14. The van der Waals surface area contributed by atoms with E-state index < -0.39 is 11.7 Å². The van der Waals surface area contributed by atoms with Crippen LogP contribution in [-0.2, 0) is 6.61 Å². The molecular weight excluding hydrogens is 293 g/mol. The molecule has 1 aromatic heterocycles. The van der Waals surface area contributed by atoms with Crippen LogP contribution in [0.15, 0.2) is 23.6 Å². The van der Waals surface area contributed by atoms with Gasteiger partial charge in [-0.05, 0) is 12.1 Å². The number of hydrogen-bond acceptors (Lipinski definition) is 5. The summed E-state index contributed by atoms with van der Waals surface area (Å²) in [4.78, 5) is 15.2. The van der Waals surface area contributed by atoms with E-state index in [1.165, 1.54) is 12.1 Å². The molecule has 1 amide bonds. The van der Waals surface area contributed by atoms with E-state index in [0.29, 0.717) is 5.69 Å². The van der Waals surface area contributed by atoms with Crippen molar-refractivity contribution in [3.05, 3.63) is 45.1 Å². The minimum atomic E-state index is -0.626. The minimum absolute atomic E-state index is 0.0148. The predicted octanol–water partition coefficient (Wildman–Crippen LogP) is 2.12. The smallest absolute Gasteiger partial charge is 0.294 e. The fourth-order valence-corrected chi connectivity index (χ4v) is 2.16. The lowest BCUT2D eigenvalue weighted by molar-refractivity contribution is 0.0953. The van der Waals surface area contributed by atoms with Gasteiger partial charge >= 0.3 is 0 Å². The van der Waals surface area contributed by atoms with Gasteiger partial charge in [0.2, 0.25) is 0 Å². The van der Waals surface area contributed by atoms with E-state index in [-0.39, 0.29) is 22.4 Å². The molecule has 2 aromatic rings. The van der Waals surface area contributed by atoms with Crippen LogP contribution in [0.25, 0.3) is 0 Å². The van der Waals surface area contributed by atoms with Crippen molar-refractivity contribution in [2.45, 2.75) is 6.61 Å². The molecule has 0 fully saturated rings. The third-order valence-electron chi connectivity index (χ3n) is 2.17. The number of aromatic nitrogens is 1. The summed E-state index contributed by atoms with van der Waals surface area (Å²) in [7, 11) is 0. The molecule has 0 unspecified atom stereocenters. The van der Waals surface area contributed by atoms with Crippen molar-refractivity contribution >= 4 is 28.8 Å². The second-order valence-electron chi connectivity index (χ2n) is 3.46. The Hall–Kier alpha value is -1.70. The number of benzene rings is 1. The highest BCUT2D eigenvalue weighted by molar-refractivity contribution is 7.11. The summed E-state index contributed by atoms with van der Waals surface area (Å²) in [5.41, 5.74) is 2.48. The number of nitrogens with two attached hydrogens (primary N) is 1. The van der Waals surface area contributed by atoms with Crippen LogP contribution in [0, 0.1) is 5.82 Å². The molecule has 5 nitrogen and oxygen atoms in total. The van der Waals surface area contributed by atoms with Crippen molar-refractivity contribution in [1.82, 2.24) is 10.4 Å². The summed E-state index contributed by atoms with van der Waals surface area (Å²) in [6.45, 7) is 0.0333. The molecule has 2 rings (SSSR count). The lowest BCUT2D eigenvalue weighted by Crippen LogP contribution is -2.29. The Morgan fingerprint density at radius 3 is 3.11 bits per heavy atom. The lowest BCUT2D eigenvalue weighted by Gasteiger charge is -2.05. The quantitative estimate of drug-likeness (QED) is 0.515. The number of carbonyl (C=O) groups excluding carboxylic acids is 1. The van der Waals surface area contributed by atoms with E-state index in [2.05, 4.69) is 4.98 Å². The molecular formula is C11H9ClFN3O2S. The first kappa shape index (κ1) is 13.7. The number of nitrogens with one attached hydrogen (secondary N) is 1. The number of nitrogens with zero attached hydrogens (tertiary/aromatic N) is 1. The summed E-state index contributed by atoms with van der Waals surface area (Å²) in [5.74, 6) is 3.91. The Morgan fingerprint density at radius 1 is 1.58 bits per heavy atom. The Kier molecular flexibility index (Phi) is 4.31. The summed E-state index contributed by atoms with van der Waals surface area (Å²) in [6, 6.07) is 4.46. The zero-order valence-electron chi connectivity index (χ0n) is 9.52. The Bertz CT molecular complexity index is 605. The average molecular weight is 302 g/mol. The van der Waals surface area contributed by atoms with Crippen molar-refractivity contribution in [2.75, 3.05) is 0 Å². The molecule has 0 atom stereocenters. The van der Waals surface area contributed by atoms with Gasteiger partial charge in [-0.1, -0.05) is 17.7 Å². The Labute approximate surface area is 117 Å². The monoisotopic (exact) mass is 301 g/mol. The van der Waals surface area contributed by atoms with Gasteiger partial charge in [-0.25, -0.2) is 15.2 Å². The van der Waals surface area contributed by atoms with Crippen LogP contribution < -0.4 is 16.0 Å². The van der Waals surface area contributed by atoms with E-state index >= 15 is 0 Å². The zero-order valence-corrected chi connectivity index (χ0v) is 11.1. The van der Waals surface area contributed by atoms with Crippen molar-refractivity contribution in [3.8, 4) is 5.75 Å². The van der Waals surface area contributed by atoms with E-state index in [4.69, 9.17) is 22.2 Å². The number of carbonyl (C=O) groups is 1. The van der Waals surface area contributed by atoms with Crippen molar-refractivity contribution in [3.63, 3.8) is 0 Å². The van der Waals surface area contributed by atoms with Gasteiger partial charge in [-0.15, -0.1) is 11.3 Å². The molecule has 19 heavy (non-hydrogen) atoms. The maximum absolute atomic E-state index is 13.5. The lowest BCUT2D eigenvalue weighted by atomic mass is 10.3. The van der Waals surface area contributed by atoms with Crippen molar-refractivity contribution in [2.24, 2.45) is 5.84 Å². The number of nitrogen functional groups attached to an aromatic ring is 1. The molecule has 0 spiro atoms. The number of rotatable bonds is 4. The van der Waals surface area contributed by atoms with Crippen LogP contribution in [0.2, 0.25) is 5.02 Å². The normalized spacial score (nSPS) is 10.3. The fraction of sp³-hybridized carbons (Fsp3) is 0.0909. The van der Waals surface area contributed by atoms with Gasteiger partial charge in [-0.2, -0.15) is 0 Å². The predicted molar refractivity (Wildman–Crippen MR) is 69.5 cm³/mol. The van der Waals surface area contributed by atoms with E-state index in [1.54, 1.807) is 11.4 Å². The Morgan fingerprint density at radius 2 is 2.37 bits per heavy atom. The summed E-state index contributed by atoms with van der Waals surface area (Å²) in [5, 5.41) is 1.83. The molecule has 0 saturated heterocycles. The number of amides is 1. The summed E-state index contributed by atoms with van der Waals surface area (Å²) >= 11 is 6.75. The molecule has 0 aliphatic carbocycles. The molecule has 0 saturated carbocycles. The molecule has 0 aliphatic heterocycles. The molecule has 100 valence electrons. The van der Waals surface area contributed by atoms with Crippen LogP contribution in [0.4, 0.5) is 4.39 Å². The third kappa shape index (κ3) is 3.19. The van der Waals surface area contributed by atoms with Gasteiger partial charge in [0.1, 0.15) is 6.61 Å². The standard InChI is InChI=1S/C11H9ClFN3O2S/c12-7-2-1-3-8(9(7)13)18-4-6-5-19-11(15-6)10(17)16-14/h1-3,5H,4,14H2,(H,16,17). The van der Waals surface area contributed by atoms with Gasteiger partial charge in [0.05, 0.1) is 10.7 Å². The van der Waals surface area contributed by atoms with E-state index in [0.717, 1.165) is 11.3 Å². The van der Waals surface area contributed by atoms with Gasteiger partial charge in [0.15, 0.2) is 16.6 Å². The molecule has 0 aliphatic rings. The number of halogens is 2. The number of thiazole rings is 1. The van der Waals surface area contributed by atoms with Crippen molar-refractivity contribution in [1.29, 1.82) is 0 Å². The van der Waals surface area contributed by atoms with E-state index in [1.807, 2.05) is 5.43 Å². The second kappa shape index (κ2) is 5.96. The molecule has 1 aromatic carbocycles. The van der Waals surface area contributed by atoms with Crippen LogP contribution in [0.5, 0.6) is 5.75 Å². The molecule has 1 heterocycles. The van der Waals surface area contributed by atoms with Crippen LogP contribution >= 0.6 is 22.9 Å². The number of ether oxygens (including phenoxy) is 1. The minimum Gasteiger partial charge on any atom is -0.484 e. The van der Waals surface area contributed by atoms with E-state index in [9.17, 15) is 9.18 Å². The van der Waals surface area contributed by atoms with Crippen molar-refractivity contribution < 1.29 is 13.9 Å². The van der Waals surface area contributed by atoms with Gasteiger partial charge in [-0.3, -0.25) is 10.2 Å². The second-order valence-corrected chi connectivity index (χ2v) is 4.72. The summed E-state index contributed by atoms with van der Waals surface area (Å²) in [6.07, 6.45) is 0. The van der Waals surface area contributed by atoms with Crippen LogP contribution in [-0.4, -0.2) is 10.9 Å². The highest BCUT2D eigenvalue weighted by Crippen LogP contribution is 2.24. The molecule has 3 N–H and O–H groups in total. The first-order chi connectivity index (χ1) is 9.11. The number of hydrazine groups is 1. The van der Waals surface area contributed by atoms with Crippen LogP contribution in [0.3, 0.4) is 0 Å². The maximum Gasteiger partial charge on any atom is 0.294 e.